The van der Waals surface area contributed by atoms with E-state index in [0.717, 1.165) is 29.5 Å². The number of fused-ring (bicyclic) bond motifs is 3. The summed E-state index contributed by atoms with van der Waals surface area (Å²) in [6, 6.07) is 10.6. The van der Waals surface area contributed by atoms with Crippen molar-refractivity contribution >= 4 is 40.7 Å². The van der Waals surface area contributed by atoms with E-state index in [1.54, 1.807) is 12.1 Å². The summed E-state index contributed by atoms with van der Waals surface area (Å²) in [5.41, 5.74) is 1.15. The fourth-order valence-electron chi connectivity index (χ4n) is 4.65. The molecule has 144 valence electrons. The summed E-state index contributed by atoms with van der Waals surface area (Å²) in [4.78, 5) is 27.7. The van der Waals surface area contributed by atoms with Gasteiger partial charge in [-0.25, -0.2) is 19.3 Å². The van der Waals surface area contributed by atoms with Gasteiger partial charge in [-0.3, -0.25) is 9.59 Å². The Labute approximate surface area is 171 Å². The molecule has 3 heterocycles. The Bertz CT molecular complexity index is 984. The normalized spacial score (nSPS) is 27.5. The minimum Gasteiger partial charge on any atom is -0.274 e. The zero-order valence-electron chi connectivity index (χ0n) is 14.7. The largest absolute Gasteiger partial charge is 0.274 e. The summed E-state index contributed by atoms with van der Waals surface area (Å²) < 4.78 is 14.0. The second kappa shape index (κ2) is 6.52. The highest BCUT2D eigenvalue weighted by atomic mass is 35.5. The first-order chi connectivity index (χ1) is 13.5. The monoisotopic (exact) mass is 419 g/mol. The van der Waals surface area contributed by atoms with Crippen LogP contribution < -0.4 is 4.90 Å². The molecule has 0 N–H and O–H groups in total. The van der Waals surface area contributed by atoms with Gasteiger partial charge in [0.15, 0.2) is 0 Å². The van der Waals surface area contributed by atoms with E-state index in [0.29, 0.717) is 11.6 Å². The number of amides is 2. The summed E-state index contributed by atoms with van der Waals surface area (Å²) in [5, 5.41) is 4.68. The van der Waals surface area contributed by atoms with E-state index in [2.05, 4.69) is 5.01 Å². The van der Waals surface area contributed by atoms with E-state index < -0.39 is 17.8 Å². The van der Waals surface area contributed by atoms with Gasteiger partial charge < -0.3 is 0 Å². The van der Waals surface area contributed by atoms with Crippen LogP contribution in [-0.4, -0.2) is 41.0 Å². The molecule has 0 bridgehead atoms. The van der Waals surface area contributed by atoms with Gasteiger partial charge in [0.1, 0.15) is 11.9 Å². The van der Waals surface area contributed by atoms with E-state index in [9.17, 15) is 14.0 Å². The Kier molecular flexibility index (Phi) is 4.21. The zero-order chi connectivity index (χ0) is 19.6. The van der Waals surface area contributed by atoms with Crippen molar-refractivity contribution in [1.82, 2.24) is 10.0 Å². The third-order valence-corrected chi connectivity index (χ3v) is 6.34. The quantitative estimate of drug-likeness (QED) is 0.696. The fourth-order valence-corrected chi connectivity index (χ4v) is 4.90. The standard InChI is InChI=1S/C20H16Cl2FN3O2/c21-12-4-2-11(3-5-12)17-16-18(25-9-1-8-24(17)25)20(28)26(19(16)27)13-6-7-14(22)15(23)10-13/h2-7,10,16-18H,1,8-9H2/t16-,17-,18+/m1/s1. The molecule has 28 heavy (non-hydrogen) atoms. The van der Waals surface area contributed by atoms with Crippen LogP contribution in [0.25, 0.3) is 0 Å². The van der Waals surface area contributed by atoms with Crippen molar-refractivity contribution < 1.29 is 14.0 Å². The fraction of sp³-hybridized carbons (Fsp3) is 0.300. The lowest BCUT2D eigenvalue weighted by Crippen LogP contribution is -2.44. The van der Waals surface area contributed by atoms with E-state index in [4.69, 9.17) is 23.2 Å². The van der Waals surface area contributed by atoms with Crippen LogP contribution in [0.15, 0.2) is 42.5 Å². The van der Waals surface area contributed by atoms with Gasteiger partial charge in [-0.2, -0.15) is 0 Å². The molecule has 0 saturated carbocycles. The van der Waals surface area contributed by atoms with Gasteiger partial charge in [-0.05, 0) is 42.3 Å². The van der Waals surface area contributed by atoms with Gasteiger partial charge in [-0.15, -0.1) is 0 Å². The Morgan fingerprint density at radius 2 is 1.57 bits per heavy atom. The smallest absolute Gasteiger partial charge is 0.253 e. The number of imide groups is 1. The predicted octanol–water partition coefficient (Wildman–Crippen LogP) is 3.67. The molecule has 3 fully saturated rings. The van der Waals surface area contributed by atoms with Crippen LogP contribution in [0.1, 0.15) is 18.0 Å². The van der Waals surface area contributed by atoms with Crippen LogP contribution in [0.4, 0.5) is 10.1 Å². The van der Waals surface area contributed by atoms with Gasteiger partial charge in [0.25, 0.3) is 5.91 Å². The molecule has 2 amide bonds. The van der Waals surface area contributed by atoms with Crippen LogP contribution in [0, 0.1) is 11.7 Å². The number of hydrazine groups is 1. The summed E-state index contributed by atoms with van der Waals surface area (Å²) >= 11 is 11.8. The highest BCUT2D eigenvalue weighted by Gasteiger charge is 2.62. The van der Waals surface area contributed by atoms with Crippen LogP contribution in [0.3, 0.4) is 0 Å². The molecule has 0 unspecified atom stereocenters. The predicted molar refractivity (Wildman–Crippen MR) is 103 cm³/mol. The Morgan fingerprint density at radius 1 is 0.893 bits per heavy atom. The van der Waals surface area contributed by atoms with Crippen LogP contribution in [0.2, 0.25) is 10.0 Å². The first-order valence-corrected chi connectivity index (χ1v) is 9.84. The van der Waals surface area contributed by atoms with Crippen molar-refractivity contribution in [2.24, 2.45) is 5.92 Å². The number of nitrogens with zero attached hydrogens (tertiary/aromatic N) is 3. The molecule has 0 aliphatic carbocycles. The Morgan fingerprint density at radius 3 is 2.25 bits per heavy atom. The molecule has 3 aliphatic heterocycles. The van der Waals surface area contributed by atoms with Crippen molar-refractivity contribution in [1.29, 1.82) is 0 Å². The van der Waals surface area contributed by atoms with E-state index in [-0.39, 0.29) is 28.6 Å². The van der Waals surface area contributed by atoms with E-state index >= 15 is 0 Å². The lowest BCUT2D eigenvalue weighted by molar-refractivity contribution is -0.126. The third-order valence-electron chi connectivity index (χ3n) is 5.78. The highest BCUT2D eigenvalue weighted by Crippen LogP contribution is 2.49. The Hall–Kier alpha value is -1.99. The molecular formula is C20H16Cl2FN3O2. The van der Waals surface area contributed by atoms with E-state index in [1.165, 1.54) is 12.1 Å². The number of hydrogen-bond donors (Lipinski definition) is 0. The second-order valence-corrected chi connectivity index (χ2v) is 8.10. The lowest BCUT2D eigenvalue weighted by atomic mass is 9.90. The summed E-state index contributed by atoms with van der Waals surface area (Å²) in [6.45, 7) is 1.50. The summed E-state index contributed by atoms with van der Waals surface area (Å²) in [5.74, 6) is -1.84. The van der Waals surface area contributed by atoms with Gasteiger partial charge in [0.05, 0.1) is 22.7 Å². The molecule has 3 aliphatic rings. The number of halogens is 3. The topological polar surface area (TPSA) is 43.9 Å². The maximum Gasteiger partial charge on any atom is 0.253 e. The van der Waals surface area contributed by atoms with Crippen LogP contribution in [-0.2, 0) is 9.59 Å². The average Bonchev–Trinajstić information content (AvgIpc) is 3.31. The van der Waals surface area contributed by atoms with Crippen molar-refractivity contribution in [2.45, 2.75) is 18.5 Å². The number of benzene rings is 2. The molecule has 3 saturated heterocycles. The molecule has 0 aromatic heterocycles. The molecule has 8 heteroatoms. The summed E-state index contributed by atoms with van der Waals surface area (Å²) in [6.07, 6.45) is 0.921. The molecule has 0 radical (unpaired) electrons. The molecular weight excluding hydrogens is 404 g/mol. The molecule has 2 aromatic rings. The minimum absolute atomic E-state index is 0.0483. The maximum absolute atomic E-state index is 14.0. The summed E-state index contributed by atoms with van der Waals surface area (Å²) in [7, 11) is 0. The van der Waals surface area contributed by atoms with E-state index in [1.807, 2.05) is 17.1 Å². The van der Waals surface area contributed by atoms with Gasteiger partial charge in [0.2, 0.25) is 5.91 Å². The number of carbonyl (C=O) groups excluding carboxylic acids is 2. The third kappa shape index (κ3) is 2.52. The lowest BCUT2D eigenvalue weighted by Gasteiger charge is -2.29. The molecule has 2 aromatic carbocycles. The van der Waals surface area contributed by atoms with Crippen molar-refractivity contribution in [3.05, 3.63) is 63.9 Å². The first kappa shape index (κ1) is 18.1. The SMILES string of the molecule is O=C1[C@H]2[C@@H](C(=O)N1c1ccc(Cl)c(F)c1)N1CCCN1[C@@H]2c1ccc(Cl)cc1. The van der Waals surface area contributed by atoms with Gasteiger partial charge >= 0.3 is 0 Å². The Balaban J connectivity index is 1.58. The minimum atomic E-state index is -0.658. The van der Waals surface area contributed by atoms with Gasteiger partial charge in [0, 0.05) is 18.1 Å². The van der Waals surface area contributed by atoms with Crippen molar-refractivity contribution in [3.63, 3.8) is 0 Å². The molecule has 5 rings (SSSR count). The highest BCUT2D eigenvalue weighted by molar-refractivity contribution is 6.31. The van der Waals surface area contributed by atoms with Crippen LogP contribution >= 0.6 is 23.2 Å². The number of anilines is 1. The first-order valence-electron chi connectivity index (χ1n) is 9.09. The number of hydrogen-bond acceptors (Lipinski definition) is 4. The van der Waals surface area contributed by atoms with Crippen LogP contribution in [0.5, 0.6) is 0 Å². The zero-order valence-corrected chi connectivity index (χ0v) is 16.2. The number of rotatable bonds is 2. The number of carbonyl (C=O) groups is 2. The average molecular weight is 420 g/mol. The van der Waals surface area contributed by atoms with Crippen molar-refractivity contribution in [3.8, 4) is 0 Å². The maximum atomic E-state index is 14.0. The molecule has 3 atom stereocenters. The molecule has 0 spiro atoms. The van der Waals surface area contributed by atoms with Gasteiger partial charge in [-0.1, -0.05) is 35.3 Å². The molecule has 5 nitrogen and oxygen atoms in total. The second-order valence-electron chi connectivity index (χ2n) is 7.26. The van der Waals surface area contributed by atoms with Crippen molar-refractivity contribution in [2.75, 3.05) is 18.0 Å².